The summed E-state index contributed by atoms with van der Waals surface area (Å²) in [5.74, 6) is 0.580. The second kappa shape index (κ2) is 8.24. The minimum Gasteiger partial charge on any atom is -0.268 e. The van der Waals surface area contributed by atoms with E-state index >= 15 is 0 Å². The van der Waals surface area contributed by atoms with Crippen LogP contribution in [-0.4, -0.2) is 36.5 Å². The predicted octanol–water partition coefficient (Wildman–Crippen LogP) is 2.73. The Morgan fingerprint density at radius 3 is 2.56 bits per heavy atom. The molecule has 0 saturated carbocycles. The van der Waals surface area contributed by atoms with Gasteiger partial charge in [-0.3, -0.25) is 9.36 Å². The molecule has 8 heteroatoms. The van der Waals surface area contributed by atoms with Gasteiger partial charge in [0.25, 0.3) is 5.56 Å². The molecular formula is C19H21N3O3S2. The highest BCUT2D eigenvalue weighted by atomic mass is 32.2. The summed E-state index contributed by atoms with van der Waals surface area (Å²) in [4.78, 5) is 17.8. The van der Waals surface area contributed by atoms with Gasteiger partial charge in [0, 0.05) is 5.75 Å². The van der Waals surface area contributed by atoms with Crippen LogP contribution in [0.25, 0.3) is 16.6 Å². The van der Waals surface area contributed by atoms with Gasteiger partial charge in [-0.1, -0.05) is 42.1 Å². The summed E-state index contributed by atoms with van der Waals surface area (Å²) in [6.45, 7) is 1.95. The highest BCUT2D eigenvalue weighted by Crippen LogP contribution is 2.23. The van der Waals surface area contributed by atoms with Crippen molar-refractivity contribution in [2.45, 2.75) is 18.5 Å². The minimum absolute atomic E-state index is 0.0404. The summed E-state index contributed by atoms with van der Waals surface area (Å²) in [6, 6.07) is 14.9. The molecule has 3 rings (SSSR count). The van der Waals surface area contributed by atoms with Crippen LogP contribution in [0.2, 0.25) is 0 Å². The van der Waals surface area contributed by atoms with Gasteiger partial charge in [0.15, 0.2) is 5.16 Å². The molecule has 0 aliphatic heterocycles. The lowest BCUT2D eigenvalue weighted by molar-refractivity contribution is 0.587. The van der Waals surface area contributed by atoms with Gasteiger partial charge < -0.3 is 0 Å². The van der Waals surface area contributed by atoms with Crippen LogP contribution in [0.15, 0.2) is 58.5 Å². The highest BCUT2D eigenvalue weighted by Gasteiger charge is 2.15. The Labute approximate surface area is 162 Å². The van der Waals surface area contributed by atoms with E-state index in [-0.39, 0.29) is 11.3 Å². The number of aryl methyl sites for hydroxylation is 1. The van der Waals surface area contributed by atoms with Gasteiger partial charge >= 0.3 is 0 Å². The number of sulfonamides is 1. The third-order valence-electron chi connectivity index (χ3n) is 4.20. The molecule has 0 atom stereocenters. The van der Waals surface area contributed by atoms with Crippen molar-refractivity contribution < 1.29 is 8.42 Å². The highest BCUT2D eigenvalue weighted by molar-refractivity contribution is 7.99. The van der Waals surface area contributed by atoms with Crippen LogP contribution < -0.4 is 10.3 Å². The Bertz CT molecular complexity index is 1120. The van der Waals surface area contributed by atoms with E-state index in [9.17, 15) is 13.2 Å². The van der Waals surface area contributed by atoms with Crippen LogP contribution >= 0.6 is 11.8 Å². The lowest BCUT2D eigenvalue weighted by Gasteiger charge is -2.15. The van der Waals surface area contributed by atoms with Gasteiger partial charge in [0.05, 0.1) is 22.3 Å². The van der Waals surface area contributed by atoms with E-state index in [4.69, 9.17) is 0 Å². The normalized spacial score (nSPS) is 11.8. The molecular weight excluding hydrogens is 382 g/mol. The van der Waals surface area contributed by atoms with E-state index in [2.05, 4.69) is 9.71 Å². The zero-order valence-corrected chi connectivity index (χ0v) is 16.8. The number of nitrogens with one attached hydrogen (secondary N) is 1. The van der Waals surface area contributed by atoms with Gasteiger partial charge in [0.2, 0.25) is 10.0 Å². The summed E-state index contributed by atoms with van der Waals surface area (Å²) in [7, 11) is -1.83. The molecule has 1 heterocycles. The molecule has 1 aromatic heterocycles. The first-order valence-electron chi connectivity index (χ1n) is 8.55. The third kappa shape index (κ3) is 4.40. The van der Waals surface area contributed by atoms with E-state index in [0.29, 0.717) is 28.2 Å². The van der Waals surface area contributed by atoms with E-state index in [0.717, 1.165) is 11.3 Å². The summed E-state index contributed by atoms with van der Waals surface area (Å²) in [5, 5.41) is 1.12. The van der Waals surface area contributed by atoms with Crippen molar-refractivity contribution in [1.29, 1.82) is 0 Å². The Balaban J connectivity index is 2.01. The average molecular weight is 404 g/mol. The van der Waals surface area contributed by atoms with Crippen molar-refractivity contribution >= 4 is 32.7 Å². The van der Waals surface area contributed by atoms with Crippen molar-refractivity contribution in [1.82, 2.24) is 14.3 Å². The lowest BCUT2D eigenvalue weighted by Crippen LogP contribution is -2.23. The van der Waals surface area contributed by atoms with Crippen LogP contribution in [0.5, 0.6) is 0 Å². The largest absolute Gasteiger partial charge is 0.268 e. The fraction of sp³-hybridized carbons (Fsp3) is 0.263. The molecule has 0 aliphatic rings. The molecule has 6 nitrogen and oxygen atoms in total. The Morgan fingerprint density at radius 2 is 1.81 bits per heavy atom. The number of rotatable bonds is 7. The number of hydrogen-bond acceptors (Lipinski definition) is 5. The lowest BCUT2D eigenvalue weighted by atomic mass is 10.2. The van der Waals surface area contributed by atoms with Crippen LogP contribution in [-0.2, 0) is 10.0 Å². The van der Waals surface area contributed by atoms with Gasteiger partial charge in [0.1, 0.15) is 0 Å². The van der Waals surface area contributed by atoms with E-state index in [1.807, 2.05) is 49.4 Å². The maximum absolute atomic E-state index is 13.1. The SMILES string of the molecule is CNS(=O)(=O)CCCSc1nc2ccccc2c(=O)n1-c1ccccc1C. The summed E-state index contributed by atoms with van der Waals surface area (Å²) < 4.78 is 27.1. The third-order valence-corrected chi connectivity index (χ3v) is 6.67. The molecule has 0 saturated heterocycles. The quantitative estimate of drug-likeness (QED) is 0.373. The maximum atomic E-state index is 13.1. The van der Waals surface area contributed by atoms with Gasteiger partial charge in [-0.2, -0.15) is 0 Å². The van der Waals surface area contributed by atoms with E-state index in [1.54, 1.807) is 10.6 Å². The van der Waals surface area contributed by atoms with E-state index in [1.165, 1.54) is 18.8 Å². The molecule has 2 aromatic carbocycles. The maximum Gasteiger partial charge on any atom is 0.266 e. The molecule has 0 radical (unpaired) electrons. The number of fused-ring (bicyclic) bond motifs is 1. The molecule has 0 aliphatic carbocycles. The first-order chi connectivity index (χ1) is 12.9. The molecule has 0 bridgehead atoms. The number of nitrogens with zero attached hydrogens (tertiary/aromatic N) is 2. The Kier molecular flexibility index (Phi) is 5.98. The Morgan fingerprint density at radius 1 is 1.11 bits per heavy atom. The number of aromatic nitrogens is 2. The molecule has 27 heavy (non-hydrogen) atoms. The smallest absolute Gasteiger partial charge is 0.266 e. The van der Waals surface area contributed by atoms with Crippen molar-refractivity contribution in [2.75, 3.05) is 18.6 Å². The second-order valence-electron chi connectivity index (χ2n) is 6.06. The zero-order valence-electron chi connectivity index (χ0n) is 15.2. The second-order valence-corrected chi connectivity index (χ2v) is 9.17. The van der Waals surface area contributed by atoms with Crippen molar-refractivity contribution in [3.05, 3.63) is 64.4 Å². The average Bonchev–Trinajstić information content (AvgIpc) is 2.66. The van der Waals surface area contributed by atoms with Gasteiger partial charge in [-0.25, -0.2) is 18.1 Å². The first kappa shape index (κ1) is 19.6. The summed E-state index contributed by atoms with van der Waals surface area (Å²) >= 11 is 1.39. The molecule has 0 amide bonds. The number of para-hydroxylation sites is 2. The summed E-state index contributed by atoms with van der Waals surface area (Å²) in [5.41, 5.74) is 2.26. The fourth-order valence-corrected chi connectivity index (χ4v) is 4.61. The monoisotopic (exact) mass is 403 g/mol. The molecule has 3 aromatic rings. The summed E-state index contributed by atoms with van der Waals surface area (Å²) in [6.07, 6.45) is 0.463. The number of hydrogen-bond donors (Lipinski definition) is 1. The van der Waals surface area contributed by atoms with Crippen molar-refractivity contribution in [3.8, 4) is 5.69 Å². The van der Waals surface area contributed by atoms with Crippen molar-refractivity contribution in [2.24, 2.45) is 0 Å². The molecule has 142 valence electrons. The molecule has 1 N–H and O–H groups in total. The molecule has 0 unspecified atom stereocenters. The minimum atomic E-state index is -3.24. The number of benzene rings is 2. The van der Waals surface area contributed by atoms with E-state index < -0.39 is 10.0 Å². The van der Waals surface area contributed by atoms with Crippen LogP contribution in [0, 0.1) is 6.92 Å². The molecule has 0 fully saturated rings. The standard InChI is InChI=1S/C19H21N3O3S2/c1-14-8-3-6-11-17(14)22-18(23)15-9-4-5-10-16(15)21-19(22)26-12-7-13-27(24,25)20-2/h3-6,8-11,20H,7,12-13H2,1-2H3. The molecule has 0 spiro atoms. The van der Waals surface area contributed by atoms with Gasteiger partial charge in [-0.05, 0) is 44.2 Å². The number of thioether (sulfide) groups is 1. The topological polar surface area (TPSA) is 81.1 Å². The first-order valence-corrected chi connectivity index (χ1v) is 11.2. The predicted molar refractivity (Wildman–Crippen MR) is 110 cm³/mol. The fourth-order valence-electron chi connectivity index (χ4n) is 2.75. The zero-order chi connectivity index (χ0) is 19.4. The van der Waals surface area contributed by atoms with Gasteiger partial charge in [-0.15, -0.1) is 0 Å². The Hall–Kier alpha value is -2.16. The van der Waals surface area contributed by atoms with Crippen molar-refractivity contribution in [3.63, 3.8) is 0 Å². The van der Waals surface area contributed by atoms with Crippen LogP contribution in [0.4, 0.5) is 0 Å². The van der Waals surface area contributed by atoms with Crippen LogP contribution in [0.3, 0.4) is 0 Å². The van der Waals surface area contributed by atoms with Crippen LogP contribution in [0.1, 0.15) is 12.0 Å².